The van der Waals surface area contributed by atoms with Gasteiger partial charge in [-0.05, 0) is 35.9 Å². The molecule has 150 valence electrons. The summed E-state index contributed by atoms with van der Waals surface area (Å²) in [7, 11) is 0. The molecule has 1 aliphatic rings. The number of hydrogen-bond acceptors (Lipinski definition) is 5. The van der Waals surface area contributed by atoms with E-state index in [1.807, 2.05) is 12.1 Å². The summed E-state index contributed by atoms with van der Waals surface area (Å²) < 4.78 is 38.4. The number of carbonyl (C=O) groups is 1. The summed E-state index contributed by atoms with van der Waals surface area (Å²) >= 11 is 1.52. The van der Waals surface area contributed by atoms with Crippen molar-refractivity contribution in [2.24, 2.45) is 0 Å². The van der Waals surface area contributed by atoms with Gasteiger partial charge in [0.2, 0.25) is 5.91 Å². The van der Waals surface area contributed by atoms with Crippen molar-refractivity contribution in [3.05, 3.63) is 59.8 Å². The van der Waals surface area contributed by atoms with E-state index in [4.69, 9.17) is 0 Å². The second-order valence-corrected chi connectivity index (χ2v) is 7.55. The fourth-order valence-electron chi connectivity index (χ4n) is 3.10. The number of thiazole rings is 1. The van der Waals surface area contributed by atoms with Gasteiger partial charge in [-0.1, -0.05) is 23.5 Å². The molecule has 0 saturated carbocycles. The van der Waals surface area contributed by atoms with Crippen molar-refractivity contribution in [3.63, 3.8) is 0 Å². The van der Waals surface area contributed by atoms with Crippen LogP contribution >= 0.6 is 11.3 Å². The molecular weight excluding hydrogens is 401 g/mol. The Morgan fingerprint density at radius 3 is 2.62 bits per heavy atom. The van der Waals surface area contributed by atoms with Crippen LogP contribution < -0.4 is 4.90 Å². The van der Waals surface area contributed by atoms with E-state index in [1.165, 1.54) is 35.6 Å². The van der Waals surface area contributed by atoms with Crippen LogP contribution in [0.4, 0.5) is 18.3 Å². The summed E-state index contributed by atoms with van der Waals surface area (Å²) in [5.74, 6) is -0.215. The predicted molar refractivity (Wildman–Crippen MR) is 107 cm³/mol. The fraction of sp³-hybridized carbons (Fsp3) is 0.250. The molecule has 1 saturated heterocycles. The number of alkyl halides is 3. The zero-order valence-corrected chi connectivity index (χ0v) is 16.1. The van der Waals surface area contributed by atoms with Gasteiger partial charge in [0.25, 0.3) is 0 Å². The lowest BCUT2D eigenvalue weighted by molar-refractivity contribution is -0.137. The number of fused-ring (bicyclic) bond motifs is 1. The number of amides is 1. The first kappa shape index (κ1) is 19.4. The SMILES string of the molecule is O=C(/C=C/c1cccc(C(F)(F)F)c1)N1CCN(c2nc3cccnc3s2)CC1. The lowest BCUT2D eigenvalue weighted by Crippen LogP contribution is -2.48. The lowest BCUT2D eigenvalue weighted by Gasteiger charge is -2.34. The molecule has 3 aromatic rings. The van der Waals surface area contributed by atoms with Gasteiger partial charge in [0, 0.05) is 38.5 Å². The van der Waals surface area contributed by atoms with Gasteiger partial charge in [0.05, 0.1) is 5.56 Å². The number of aromatic nitrogens is 2. The maximum Gasteiger partial charge on any atom is 0.416 e. The molecule has 0 aliphatic carbocycles. The second-order valence-electron chi connectivity index (χ2n) is 6.59. The van der Waals surface area contributed by atoms with Crippen molar-refractivity contribution in [3.8, 4) is 0 Å². The number of anilines is 1. The molecule has 1 aliphatic heterocycles. The Balaban J connectivity index is 1.37. The van der Waals surface area contributed by atoms with Crippen LogP contribution in [-0.2, 0) is 11.0 Å². The maximum absolute atomic E-state index is 12.8. The number of benzene rings is 1. The van der Waals surface area contributed by atoms with Gasteiger partial charge < -0.3 is 9.80 Å². The van der Waals surface area contributed by atoms with Crippen LogP contribution in [0.1, 0.15) is 11.1 Å². The Hall–Kier alpha value is -2.94. The van der Waals surface area contributed by atoms with E-state index in [2.05, 4.69) is 14.9 Å². The summed E-state index contributed by atoms with van der Waals surface area (Å²) in [6.07, 6.45) is 0.0773. The minimum Gasteiger partial charge on any atom is -0.344 e. The first-order chi connectivity index (χ1) is 13.9. The summed E-state index contributed by atoms with van der Waals surface area (Å²) in [5, 5.41) is 0.880. The molecule has 0 atom stereocenters. The number of piperazine rings is 1. The number of hydrogen-bond donors (Lipinski definition) is 0. The molecule has 2 aromatic heterocycles. The lowest BCUT2D eigenvalue weighted by atomic mass is 10.1. The van der Waals surface area contributed by atoms with Crippen molar-refractivity contribution in [2.75, 3.05) is 31.1 Å². The number of pyridine rings is 1. The first-order valence-corrected chi connectivity index (χ1v) is 9.82. The zero-order valence-electron chi connectivity index (χ0n) is 15.3. The van der Waals surface area contributed by atoms with Gasteiger partial charge in [-0.3, -0.25) is 4.79 Å². The van der Waals surface area contributed by atoms with E-state index in [-0.39, 0.29) is 5.91 Å². The minimum atomic E-state index is -4.40. The van der Waals surface area contributed by atoms with Crippen LogP contribution in [0.5, 0.6) is 0 Å². The van der Waals surface area contributed by atoms with E-state index >= 15 is 0 Å². The van der Waals surface area contributed by atoms with E-state index in [9.17, 15) is 18.0 Å². The number of carbonyl (C=O) groups excluding carboxylic acids is 1. The molecule has 1 aromatic carbocycles. The smallest absolute Gasteiger partial charge is 0.344 e. The van der Waals surface area contributed by atoms with Gasteiger partial charge in [0.1, 0.15) is 10.3 Å². The number of rotatable bonds is 3. The van der Waals surface area contributed by atoms with Crippen LogP contribution in [0.15, 0.2) is 48.7 Å². The van der Waals surface area contributed by atoms with E-state index in [0.717, 1.165) is 27.6 Å². The molecule has 5 nitrogen and oxygen atoms in total. The van der Waals surface area contributed by atoms with E-state index < -0.39 is 11.7 Å². The molecule has 0 bridgehead atoms. The number of nitrogens with zero attached hydrogens (tertiary/aromatic N) is 4. The van der Waals surface area contributed by atoms with Crippen LogP contribution in [0.25, 0.3) is 16.4 Å². The molecule has 0 N–H and O–H groups in total. The summed E-state index contributed by atoms with van der Waals surface area (Å²) in [6.45, 7) is 2.33. The first-order valence-electron chi connectivity index (χ1n) is 9.01. The van der Waals surface area contributed by atoms with Crippen LogP contribution in [0.3, 0.4) is 0 Å². The highest BCUT2D eigenvalue weighted by molar-refractivity contribution is 7.21. The zero-order chi connectivity index (χ0) is 20.4. The molecule has 3 heterocycles. The third kappa shape index (κ3) is 4.40. The van der Waals surface area contributed by atoms with E-state index in [1.54, 1.807) is 11.1 Å². The second kappa shape index (κ2) is 7.82. The predicted octanol–water partition coefficient (Wildman–Crippen LogP) is 4.07. The summed E-state index contributed by atoms with van der Waals surface area (Å²) in [6, 6.07) is 8.68. The average Bonchev–Trinajstić information content (AvgIpc) is 3.16. The van der Waals surface area contributed by atoms with Crippen molar-refractivity contribution in [1.29, 1.82) is 0 Å². The Labute approximate surface area is 169 Å². The average molecular weight is 418 g/mol. The highest BCUT2D eigenvalue weighted by Gasteiger charge is 2.30. The third-order valence-electron chi connectivity index (χ3n) is 4.65. The van der Waals surface area contributed by atoms with Gasteiger partial charge >= 0.3 is 6.18 Å². The van der Waals surface area contributed by atoms with Gasteiger partial charge in [0.15, 0.2) is 5.13 Å². The Kier molecular flexibility index (Phi) is 5.23. The molecule has 0 unspecified atom stereocenters. The maximum atomic E-state index is 12.8. The largest absolute Gasteiger partial charge is 0.416 e. The highest BCUT2D eigenvalue weighted by Crippen LogP contribution is 2.30. The fourth-order valence-corrected chi connectivity index (χ4v) is 4.06. The molecule has 1 fully saturated rings. The molecule has 9 heteroatoms. The van der Waals surface area contributed by atoms with Crippen molar-refractivity contribution in [2.45, 2.75) is 6.18 Å². The molecule has 1 amide bonds. The van der Waals surface area contributed by atoms with E-state index in [0.29, 0.717) is 31.7 Å². The van der Waals surface area contributed by atoms with Crippen molar-refractivity contribution in [1.82, 2.24) is 14.9 Å². The standard InChI is InChI=1S/C20H17F3N4OS/c21-20(22,23)15-4-1-3-14(13-15)6-7-17(28)26-9-11-27(12-10-26)19-25-16-5-2-8-24-18(16)29-19/h1-8,13H,9-12H2/b7-6+. The molecule has 4 rings (SSSR count). The molecule has 0 radical (unpaired) electrons. The topological polar surface area (TPSA) is 49.3 Å². The number of halogens is 3. The van der Waals surface area contributed by atoms with Crippen LogP contribution in [0, 0.1) is 0 Å². The molecule has 29 heavy (non-hydrogen) atoms. The Morgan fingerprint density at radius 2 is 1.90 bits per heavy atom. The quantitative estimate of drug-likeness (QED) is 0.602. The molecular formula is C20H17F3N4OS. The molecule has 0 spiro atoms. The summed E-state index contributed by atoms with van der Waals surface area (Å²) in [5.41, 5.74) is 0.467. The van der Waals surface area contributed by atoms with Crippen LogP contribution in [-0.4, -0.2) is 47.0 Å². The van der Waals surface area contributed by atoms with Gasteiger partial charge in [-0.25, -0.2) is 9.97 Å². The normalized spacial score (nSPS) is 15.4. The Bertz CT molecular complexity index is 1020. The van der Waals surface area contributed by atoms with Crippen molar-refractivity contribution >= 4 is 38.8 Å². The minimum absolute atomic E-state index is 0.215. The van der Waals surface area contributed by atoms with Crippen LogP contribution in [0.2, 0.25) is 0 Å². The monoisotopic (exact) mass is 418 g/mol. The highest BCUT2D eigenvalue weighted by atomic mass is 32.1. The van der Waals surface area contributed by atoms with Gasteiger partial charge in [-0.15, -0.1) is 0 Å². The third-order valence-corrected chi connectivity index (χ3v) is 5.69. The Morgan fingerprint density at radius 1 is 1.10 bits per heavy atom. The van der Waals surface area contributed by atoms with Crippen molar-refractivity contribution < 1.29 is 18.0 Å². The summed E-state index contributed by atoms with van der Waals surface area (Å²) in [4.78, 5) is 26.0. The van der Waals surface area contributed by atoms with Gasteiger partial charge in [-0.2, -0.15) is 13.2 Å².